The van der Waals surface area contributed by atoms with Crippen molar-refractivity contribution < 1.29 is 9.53 Å². The van der Waals surface area contributed by atoms with Gasteiger partial charge in [0, 0.05) is 12.1 Å². The van der Waals surface area contributed by atoms with Gasteiger partial charge in [0.15, 0.2) is 0 Å². The molecule has 0 heterocycles. The van der Waals surface area contributed by atoms with Gasteiger partial charge in [0.1, 0.15) is 0 Å². The van der Waals surface area contributed by atoms with Gasteiger partial charge in [-0.05, 0) is 32.6 Å². The summed E-state index contributed by atoms with van der Waals surface area (Å²) in [5, 5.41) is 10.8. The Kier molecular flexibility index (Phi) is 9.20. The molecule has 2 aliphatic carbocycles. The van der Waals surface area contributed by atoms with Gasteiger partial charge in [0.2, 0.25) is 0 Å². The molecule has 0 aromatic carbocycles. The molecule has 0 aromatic heterocycles. The minimum Gasteiger partial charge on any atom is -0.465 e. The average Bonchev–Trinajstić information content (AvgIpc) is 2.56. The lowest BCUT2D eigenvalue weighted by Gasteiger charge is -2.36. The van der Waals surface area contributed by atoms with Gasteiger partial charge in [-0.1, -0.05) is 50.3 Å². The number of carbonyl (C=O) groups excluding carboxylic acids is 1. The summed E-state index contributed by atoms with van der Waals surface area (Å²) < 4.78 is 4.99. The Bertz CT molecular complexity index is 400. The van der Waals surface area contributed by atoms with Crippen molar-refractivity contribution in [3.8, 4) is 0 Å². The molecule has 0 bridgehead atoms. The van der Waals surface area contributed by atoms with Gasteiger partial charge in [-0.15, -0.1) is 0 Å². The summed E-state index contributed by atoms with van der Waals surface area (Å²) in [5.74, 6) is -0.200. The predicted molar refractivity (Wildman–Crippen MR) is 104 cm³/mol. The average molecular weight is 376 g/mol. The van der Waals surface area contributed by atoms with E-state index in [0.717, 1.165) is 0 Å². The molecule has 7 heteroatoms. The van der Waals surface area contributed by atoms with Gasteiger partial charge < -0.3 is 4.74 Å². The zero-order chi connectivity index (χ0) is 17.3. The van der Waals surface area contributed by atoms with E-state index in [1.807, 2.05) is 6.92 Å². The number of carbonyl (C=O) groups is 1. The maximum Gasteiger partial charge on any atom is 0.319 e. The van der Waals surface area contributed by atoms with Gasteiger partial charge in [0.05, 0.1) is 25.8 Å². The molecule has 0 radical (unpaired) electrons. The Morgan fingerprint density at radius 2 is 1.50 bits per heavy atom. The highest BCUT2D eigenvalue weighted by molar-refractivity contribution is 8.12. The molecular formula is C17H34N3O2PS. The molecule has 0 amide bonds. The first-order valence-electron chi connectivity index (χ1n) is 9.62. The van der Waals surface area contributed by atoms with Crippen LogP contribution in [0.1, 0.15) is 71.1 Å². The van der Waals surface area contributed by atoms with E-state index in [2.05, 4.69) is 15.5 Å². The highest BCUT2D eigenvalue weighted by atomic mass is 32.4. The Hall–Kier alpha value is -0.0000000000000000694. The van der Waals surface area contributed by atoms with Crippen LogP contribution in [-0.4, -0.2) is 37.5 Å². The first kappa shape index (κ1) is 20.3. The quantitative estimate of drug-likeness (QED) is 0.425. The smallest absolute Gasteiger partial charge is 0.319 e. The largest absolute Gasteiger partial charge is 0.465 e. The fourth-order valence-electron chi connectivity index (χ4n) is 3.71. The minimum atomic E-state index is -1.92. The number of ether oxygens (including phenoxy) is 1. The summed E-state index contributed by atoms with van der Waals surface area (Å²) >= 11 is 6.05. The van der Waals surface area contributed by atoms with Crippen molar-refractivity contribution in [3.05, 3.63) is 0 Å². The molecule has 0 spiro atoms. The van der Waals surface area contributed by atoms with Crippen molar-refractivity contribution in [2.45, 2.75) is 83.2 Å². The van der Waals surface area contributed by atoms with E-state index in [1.165, 1.54) is 64.2 Å². The maximum atomic E-state index is 11.6. The van der Waals surface area contributed by atoms with Crippen LogP contribution in [0.4, 0.5) is 0 Å². The molecule has 0 saturated heterocycles. The van der Waals surface area contributed by atoms with Crippen LogP contribution in [-0.2, 0) is 21.3 Å². The second-order valence-electron chi connectivity index (χ2n) is 7.06. The molecule has 0 atom stereocenters. The SMILES string of the molecule is CCOC(=O)CNCP(=S)(NC1CCCCC1)NC1CCCCC1. The third kappa shape index (κ3) is 7.49. The first-order valence-corrected chi connectivity index (χ1v) is 12.6. The van der Waals surface area contributed by atoms with Crippen LogP contribution in [0.25, 0.3) is 0 Å². The van der Waals surface area contributed by atoms with Crippen molar-refractivity contribution >= 4 is 24.1 Å². The van der Waals surface area contributed by atoms with Crippen molar-refractivity contribution in [2.24, 2.45) is 0 Å². The molecule has 0 unspecified atom stereocenters. The third-order valence-electron chi connectivity index (χ3n) is 4.90. The normalized spacial score (nSPS) is 20.9. The lowest BCUT2D eigenvalue weighted by atomic mass is 9.96. The Morgan fingerprint density at radius 3 is 1.96 bits per heavy atom. The van der Waals surface area contributed by atoms with Crippen LogP contribution < -0.4 is 15.5 Å². The second-order valence-corrected chi connectivity index (χ2v) is 11.2. The highest BCUT2D eigenvalue weighted by Crippen LogP contribution is 2.40. The molecule has 2 rings (SSSR count). The Morgan fingerprint density at radius 1 is 1.00 bits per heavy atom. The summed E-state index contributed by atoms with van der Waals surface area (Å²) in [6.45, 7) is 2.50. The summed E-state index contributed by atoms with van der Waals surface area (Å²) in [6, 6.07) is 1.06. The number of nitrogens with one attached hydrogen (secondary N) is 3. The summed E-state index contributed by atoms with van der Waals surface area (Å²) in [7, 11) is 0. The second kappa shape index (κ2) is 10.9. The van der Waals surface area contributed by atoms with E-state index in [-0.39, 0.29) is 12.5 Å². The van der Waals surface area contributed by atoms with Crippen molar-refractivity contribution in [3.63, 3.8) is 0 Å². The number of hydrogen-bond acceptors (Lipinski definition) is 4. The third-order valence-corrected chi connectivity index (χ3v) is 8.15. The first-order chi connectivity index (χ1) is 11.6. The Balaban J connectivity index is 1.88. The van der Waals surface area contributed by atoms with Crippen molar-refractivity contribution in [1.29, 1.82) is 0 Å². The zero-order valence-electron chi connectivity index (χ0n) is 15.0. The van der Waals surface area contributed by atoms with Crippen LogP contribution in [0.3, 0.4) is 0 Å². The molecule has 24 heavy (non-hydrogen) atoms. The van der Waals surface area contributed by atoms with Crippen LogP contribution in [0.5, 0.6) is 0 Å². The van der Waals surface area contributed by atoms with E-state index in [9.17, 15) is 4.79 Å². The lowest BCUT2D eigenvalue weighted by Crippen LogP contribution is -2.42. The number of esters is 1. The van der Waals surface area contributed by atoms with Crippen LogP contribution in [0.2, 0.25) is 0 Å². The minimum absolute atomic E-state index is 0.200. The van der Waals surface area contributed by atoms with Gasteiger partial charge in [0.25, 0.3) is 0 Å². The van der Waals surface area contributed by atoms with Crippen molar-refractivity contribution in [1.82, 2.24) is 15.5 Å². The van der Waals surface area contributed by atoms with E-state index >= 15 is 0 Å². The van der Waals surface area contributed by atoms with Crippen LogP contribution in [0.15, 0.2) is 0 Å². The molecule has 3 N–H and O–H groups in total. The zero-order valence-corrected chi connectivity index (χ0v) is 16.7. The fourth-order valence-corrected chi connectivity index (χ4v) is 7.26. The predicted octanol–water partition coefficient (Wildman–Crippen LogP) is 3.25. The highest BCUT2D eigenvalue weighted by Gasteiger charge is 2.26. The molecule has 140 valence electrons. The van der Waals surface area contributed by atoms with E-state index < -0.39 is 6.34 Å². The molecule has 5 nitrogen and oxygen atoms in total. The summed E-state index contributed by atoms with van der Waals surface area (Å²) in [5.41, 5.74) is 0. The fraction of sp³-hybridized carbons (Fsp3) is 0.941. The molecule has 0 aliphatic heterocycles. The van der Waals surface area contributed by atoms with Gasteiger partial charge in [-0.3, -0.25) is 20.3 Å². The molecule has 2 aliphatic rings. The van der Waals surface area contributed by atoms with Crippen LogP contribution >= 0.6 is 6.34 Å². The molecule has 2 saturated carbocycles. The van der Waals surface area contributed by atoms with Crippen LogP contribution in [0, 0.1) is 0 Å². The van der Waals surface area contributed by atoms with Gasteiger partial charge >= 0.3 is 5.97 Å². The molecular weight excluding hydrogens is 341 g/mol. The van der Waals surface area contributed by atoms with E-state index in [1.54, 1.807) is 0 Å². The van der Waals surface area contributed by atoms with Gasteiger partial charge in [-0.25, -0.2) is 0 Å². The van der Waals surface area contributed by atoms with E-state index in [0.29, 0.717) is 25.0 Å². The summed E-state index contributed by atoms with van der Waals surface area (Å²) in [4.78, 5) is 11.6. The lowest BCUT2D eigenvalue weighted by molar-refractivity contribution is -0.141. The number of rotatable bonds is 9. The number of hydrogen-bond donors (Lipinski definition) is 3. The Labute approximate surface area is 152 Å². The maximum absolute atomic E-state index is 11.6. The van der Waals surface area contributed by atoms with Crippen molar-refractivity contribution in [2.75, 3.05) is 19.4 Å². The topological polar surface area (TPSA) is 62.4 Å². The molecule has 2 fully saturated rings. The van der Waals surface area contributed by atoms with Gasteiger partial charge in [-0.2, -0.15) is 0 Å². The van der Waals surface area contributed by atoms with E-state index in [4.69, 9.17) is 16.5 Å². The standard InChI is InChI=1S/C17H34N3O2PS/c1-2-22-17(21)13-18-14-23(24,19-15-9-5-3-6-10-15)20-16-11-7-4-8-12-16/h15-16,18H,2-14H2,1H3,(H2,19,20,24). The summed E-state index contributed by atoms with van der Waals surface area (Å²) in [6.07, 6.45) is 11.5. The monoisotopic (exact) mass is 375 g/mol. The molecule has 0 aromatic rings.